The van der Waals surface area contributed by atoms with E-state index in [1.54, 1.807) is 0 Å². The minimum Gasteiger partial charge on any atom is -0.507 e. The van der Waals surface area contributed by atoms with Gasteiger partial charge in [0.25, 0.3) is 5.91 Å². The molecule has 0 bridgehead atoms. The van der Waals surface area contributed by atoms with Gasteiger partial charge in [0.15, 0.2) is 0 Å². The Morgan fingerprint density at radius 2 is 1.86 bits per heavy atom. The van der Waals surface area contributed by atoms with E-state index in [0.29, 0.717) is 28.5 Å². The van der Waals surface area contributed by atoms with Gasteiger partial charge < -0.3 is 5.11 Å². The number of phenols is 1. The molecule has 1 amide bonds. The number of benzene rings is 2. The molecule has 3 rings (SSSR count). The maximum absolute atomic E-state index is 12.9. The fourth-order valence-corrected chi connectivity index (χ4v) is 4.86. The standard InChI is InChI=1S/C18H17Cl2N3O4S/c19-13-3-6-15(7-4-13)28(26,27)23-9-1-2-16(23)18(25)22-21-11-12-10-14(20)5-8-17(12)24/h3-8,10-11,16,24H,1-2,9H2,(H,22,25)/b21-11+. The van der Waals surface area contributed by atoms with Gasteiger partial charge in [0.1, 0.15) is 11.8 Å². The summed E-state index contributed by atoms with van der Waals surface area (Å²) in [6, 6.07) is 9.33. The molecule has 1 heterocycles. The van der Waals surface area contributed by atoms with Crippen molar-refractivity contribution in [3.63, 3.8) is 0 Å². The molecule has 0 aromatic heterocycles. The van der Waals surface area contributed by atoms with E-state index in [9.17, 15) is 18.3 Å². The monoisotopic (exact) mass is 441 g/mol. The lowest BCUT2D eigenvalue weighted by atomic mass is 10.2. The van der Waals surface area contributed by atoms with Gasteiger partial charge in [-0.25, -0.2) is 13.8 Å². The first-order valence-electron chi connectivity index (χ1n) is 8.38. The number of hydrogen-bond donors (Lipinski definition) is 2. The number of sulfonamides is 1. The summed E-state index contributed by atoms with van der Waals surface area (Å²) in [4.78, 5) is 12.6. The molecule has 1 saturated heterocycles. The molecule has 1 fully saturated rings. The van der Waals surface area contributed by atoms with Gasteiger partial charge in [-0.05, 0) is 55.3 Å². The van der Waals surface area contributed by atoms with Crippen LogP contribution in [0.5, 0.6) is 5.75 Å². The number of hydrogen-bond acceptors (Lipinski definition) is 5. The van der Waals surface area contributed by atoms with Crippen LogP contribution in [0.25, 0.3) is 0 Å². The highest BCUT2D eigenvalue weighted by atomic mass is 35.5. The highest BCUT2D eigenvalue weighted by Crippen LogP contribution is 2.27. The third-order valence-electron chi connectivity index (χ3n) is 4.29. The van der Waals surface area contributed by atoms with Gasteiger partial charge in [0.05, 0.1) is 11.1 Å². The van der Waals surface area contributed by atoms with E-state index < -0.39 is 22.0 Å². The van der Waals surface area contributed by atoms with Gasteiger partial charge in [-0.2, -0.15) is 9.41 Å². The molecule has 28 heavy (non-hydrogen) atoms. The van der Waals surface area contributed by atoms with Crippen molar-refractivity contribution >= 4 is 45.3 Å². The van der Waals surface area contributed by atoms with E-state index in [0.717, 1.165) is 4.31 Å². The Balaban J connectivity index is 1.73. The van der Waals surface area contributed by atoms with Crippen molar-refractivity contribution in [1.82, 2.24) is 9.73 Å². The molecule has 2 aromatic carbocycles. The zero-order chi connectivity index (χ0) is 20.3. The molecule has 1 atom stereocenters. The Hall–Kier alpha value is -2.13. The molecule has 7 nitrogen and oxygen atoms in total. The molecular formula is C18H17Cl2N3O4S. The Bertz CT molecular complexity index is 1010. The minimum absolute atomic E-state index is 0.0461. The van der Waals surface area contributed by atoms with Crippen LogP contribution in [0.4, 0.5) is 0 Å². The van der Waals surface area contributed by atoms with E-state index >= 15 is 0 Å². The van der Waals surface area contributed by atoms with Gasteiger partial charge in [-0.1, -0.05) is 23.2 Å². The maximum Gasteiger partial charge on any atom is 0.258 e. The van der Waals surface area contributed by atoms with Crippen LogP contribution >= 0.6 is 23.2 Å². The summed E-state index contributed by atoms with van der Waals surface area (Å²) in [6.45, 7) is 0.238. The SMILES string of the molecule is O=C(N/N=C/c1cc(Cl)ccc1O)C1CCCN1S(=O)(=O)c1ccc(Cl)cc1. The van der Waals surface area contributed by atoms with E-state index in [4.69, 9.17) is 23.2 Å². The van der Waals surface area contributed by atoms with Crippen LogP contribution in [0.15, 0.2) is 52.5 Å². The largest absolute Gasteiger partial charge is 0.507 e. The molecule has 2 N–H and O–H groups in total. The van der Waals surface area contributed by atoms with Crippen molar-refractivity contribution in [1.29, 1.82) is 0 Å². The van der Waals surface area contributed by atoms with Crippen molar-refractivity contribution in [2.75, 3.05) is 6.54 Å². The van der Waals surface area contributed by atoms with Gasteiger partial charge in [-0.3, -0.25) is 4.79 Å². The lowest BCUT2D eigenvalue weighted by Crippen LogP contribution is -2.44. The molecule has 1 unspecified atom stereocenters. The fourth-order valence-electron chi connectivity index (χ4n) is 2.90. The van der Waals surface area contributed by atoms with Crippen LogP contribution in [-0.4, -0.2) is 42.5 Å². The number of halogens is 2. The van der Waals surface area contributed by atoms with Crippen LogP contribution < -0.4 is 5.43 Å². The molecular weight excluding hydrogens is 425 g/mol. The van der Waals surface area contributed by atoms with Gasteiger partial charge in [0, 0.05) is 22.2 Å². The molecule has 0 radical (unpaired) electrons. The normalized spacial score (nSPS) is 17.9. The van der Waals surface area contributed by atoms with Crippen molar-refractivity contribution < 1.29 is 18.3 Å². The number of rotatable bonds is 5. The van der Waals surface area contributed by atoms with E-state index in [-0.39, 0.29) is 17.2 Å². The highest BCUT2D eigenvalue weighted by molar-refractivity contribution is 7.89. The Kier molecular flexibility index (Phi) is 6.24. The molecule has 2 aromatic rings. The number of nitrogens with zero attached hydrogens (tertiary/aromatic N) is 2. The van der Waals surface area contributed by atoms with Crippen LogP contribution in [0, 0.1) is 0 Å². The van der Waals surface area contributed by atoms with Crippen LogP contribution in [-0.2, 0) is 14.8 Å². The molecule has 0 spiro atoms. The first-order chi connectivity index (χ1) is 13.3. The van der Waals surface area contributed by atoms with Crippen molar-refractivity contribution in [2.24, 2.45) is 5.10 Å². The number of hydrazone groups is 1. The zero-order valence-electron chi connectivity index (χ0n) is 14.5. The second-order valence-corrected chi connectivity index (χ2v) is 8.93. The predicted molar refractivity (Wildman–Crippen MR) is 107 cm³/mol. The average molecular weight is 442 g/mol. The van der Waals surface area contributed by atoms with Gasteiger partial charge in [0.2, 0.25) is 10.0 Å². The number of amides is 1. The lowest BCUT2D eigenvalue weighted by Gasteiger charge is -2.22. The minimum atomic E-state index is -3.83. The van der Waals surface area contributed by atoms with E-state index in [1.165, 1.54) is 48.7 Å². The molecule has 1 aliphatic heterocycles. The number of aromatic hydroxyl groups is 1. The molecule has 10 heteroatoms. The molecule has 148 valence electrons. The topological polar surface area (TPSA) is 99.1 Å². The van der Waals surface area contributed by atoms with E-state index in [1.807, 2.05) is 0 Å². The first-order valence-corrected chi connectivity index (χ1v) is 10.6. The first kappa shape index (κ1) is 20.6. The summed E-state index contributed by atoms with van der Waals surface area (Å²) in [5.74, 6) is -0.594. The summed E-state index contributed by atoms with van der Waals surface area (Å²) in [5, 5.41) is 14.4. The van der Waals surface area contributed by atoms with E-state index in [2.05, 4.69) is 10.5 Å². The maximum atomic E-state index is 12.9. The summed E-state index contributed by atoms with van der Waals surface area (Å²) < 4.78 is 26.9. The molecule has 0 aliphatic carbocycles. The summed E-state index contributed by atoms with van der Waals surface area (Å²) in [6.07, 6.45) is 2.19. The van der Waals surface area contributed by atoms with Crippen molar-refractivity contribution in [3.05, 3.63) is 58.1 Å². The average Bonchev–Trinajstić information content (AvgIpc) is 3.16. The second-order valence-electron chi connectivity index (χ2n) is 6.17. The third kappa shape index (κ3) is 4.47. The number of phenolic OH excluding ortho intramolecular Hbond substituents is 1. The number of carbonyl (C=O) groups is 1. The van der Waals surface area contributed by atoms with Gasteiger partial charge >= 0.3 is 0 Å². The Morgan fingerprint density at radius 1 is 1.18 bits per heavy atom. The number of nitrogens with one attached hydrogen (secondary N) is 1. The van der Waals surface area contributed by atoms with Crippen molar-refractivity contribution in [2.45, 2.75) is 23.8 Å². The van der Waals surface area contributed by atoms with Crippen LogP contribution in [0.2, 0.25) is 10.0 Å². The fraction of sp³-hybridized carbons (Fsp3) is 0.222. The second kappa shape index (κ2) is 8.48. The summed E-state index contributed by atoms with van der Waals surface area (Å²) >= 11 is 11.7. The van der Waals surface area contributed by atoms with Crippen LogP contribution in [0.1, 0.15) is 18.4 Å². The lowest BCUT2D eigenvalue weighted by molar-refractivity contribution is -0.124. The third-order valence-corrected chi connectivity index (χ3v) is 6.70. The predicted octanol–water partition coefficient (Wildman–Crippen LogP) is 3.00. The summed E-state index contributed by atoms with van der Waals surface area (Å²) in [5.41, 5.74) is 2.66. The van der Waals surface area contributed by atoms with Gasteiger partial charge in [-0.15, -0.1) is 0 Å². The molecule has 1 aliphatic rings. The Morgan fingerprint density at radius 3 is 2.57 bits per heavy atom. The quantitative estimate of drug-likeness (QED) is 0.550. The zero-order valence-corrected chi connectivity index (χ0v) is 16.9. The highest BCUT2D eigenvalue weighted by Gasteiger charge is 2.39. The van der Waals surface area contributed by atoms with Crippen molar-refractivity contribution in [3.8, 4) is 5.75 Å². The Labute approximate surface area is 172 Å². The smallest absolute Gasteiger partial charge is 0.258 e. The summed E-state index contributed by atoms with van der Waals surface area (Å²) in [7, 11) is -3.83. The van der Waals surface area contributed by atoms with Crippen LogP contribution in [0.3, 0.4) is 0 Å². The molecule has 0 saturated carbocycles. The number of carbonyl (C=O) groups excluding carboxylic acids is 1.